The van der Waals surface area contributed by atoms with Crippen molar-refractivity contribution in [1.82, 2.24) is 14.1 Å². The van der Waals surface area contributed by atoms with Crippen molar-refractivity contribution in [1.29, 1.82) is 0 Å². The lowest BCUT2D eigenvalue weighted by Crippen LogP contribution is -2.38. The van der Waals surface area contributed by atoms with Gasteiger partial charge in [-0.25, -0.2) is 8.42 Å². The van der Waals surface area contributed by atoms with Crippen molar-refractivity contribution >= 4 is 15.8 Å². The van der Waals surface area contributed by atoms with Gasteiger partial charge in [-0.1, -0.05) is 0 Å². The Morgan fingerprint density at radius 2 is 2.17 bits per heavy atom. The monoisotopic (exact) mass is 276 g/mol. The van der Waals surface area contributed by atoms with Gasteiger partial charge >= 0.3 is 0 Å². The van der Waals surface area contributed by atoms with Gasteiger partial charge in [-0.15, -0.1) is 0 Å². The number of nitrogens with two attached hydrogens (primary N) is 1. The molecule has 8 heteroatoms. The summed E-state index contributed by atoms with van der Waals surface area (Å²) in [5.74, 6) is -0.00727. The van der Waals surface area contributed by atoms with Gasteiger partial charge in [-0.2, -0.15) is 9.40 Å². The van der Waals surface area contributed by atoms with E-state index in [0.29, 0.717) is 6.42 Å². The molecule has 0 fully saturated rings. The van der Waals surface area contributed by atoms with Crippen molar-refractivity contribution in [2.24, 2.45) is 7.05 Å². The molecule has 0 aliphatic heterocycles. The Morgan fingerprint density at radius 1 is 1.56 bits per heavy atom. The molecule has 3 N–H and O–H groups in total. The molecule has 0 saturated heterocycles. The summed E-state index contributed by atoms with van der Waals surface area (Å²) in [6.07, 6.45) is 1.77. The lowest BCUT2D eigenvalue weighted by molar-refractivity contribution is 0.258. The van der Waals surface area contributed by atoms with Crippen molar-refractivity contribution in [3.05, 3.63) is 6.20 Å². The molecule has 7 nitrogen and oxygen atoms in total. The Kier molecular flexibility index (Phi) is 4.71. The highest BCUT2D eigenvalue weighted by molar-refractivity contribution is 7.89. The molecule has 18 heavy (non-hydrogen) atoms. The van der Waals surface area contributed by atoms with Crippen LogP contribution in [0.4, 0.5) is 5.82 Å². The SMILES string of the molecule is CC(C)N(CCCO)S(=O)(=O)c1cn(C)nc1N. The highest BCUT2D eigenvalue weighted by Gasteiger charge is 2.30. The molecule has 104 valence electrons. The Morgan fingerprint density at radius 3 is 2.56 bits per heavy atom. The van der Waals surface area contributed by atoms with Crippen molar-refractivity contribution in [2.45, 2.75) is 31.2 Å². The molecule has 0 spiro atoms. The van der Waals surface area contributed by atoms with E-state index >= 15 is 0 Å². The standard InChI is InChI=1S/C10H20N4O3S/c1-8(2)14(5-4-6-15)18(16,17)9-7-13(3)12-10(9)11/h7-8,15H,4-6H2,1-3H3,(H2,11,12). The van der Waals surface area contributed by atoms with E-state index < -0.39 is 10.0 Å². The van der Waals surface area contributed by atoms with E-state index in [-0.39, 0.29) is 29.9 Å². The minimum Gasteiger partial charge on any atom is -0.396 e. The van der Waals surface area contributed by atoms with Crippen LogP contribution in [0.3, 0.4) is 0 Å². The van der Waals surface area contributed by atoms with E-state index in [1.54, 1.807) is 20.9 Å². The van der Waals surface area contributed by atoms with E-state index in [1.165, 1.54) is 15.2 Å². The topological polar surface area (TPSA) is 101 Å². The number of aliphatic hydroxyl groups excluding tert-OH is 1. The summed E-state index contributed by atoms with van der Waals surface area (Å²) < 4.78 is 27.5. The van der Waals surface area contributed by atoms with E-state index in [4.69, 9.17) is 10.8 Å². The van der Waals surface area contributed by atoms with Gasteiger partial charge in [0.25, 0.3) is 0 Å². The van der Waals surface area contributed by atoms with Crippen LogP contribution in [-0.2, 0) is 17.1 Å². The minimum absolute atomic E-state index is 0.00727. The number of sulfonamides is 1. The number of aromatic nitrogens is 2. The maximum absolute atomic E-state index is 12.4. The molecule has 0 radical (unpaired) electrons. The predicted octanol–water partition coefficient (Wildman–Crippen LogP) is -0.216. The summed E-state index contributed by atoms with van der Waals surface area (Å²) in [6, 6.07) is -0.207. The zero-order valence-electron chi connectivity index (χ0n) is 10.9. The van der Waals surface area contributed by atoms with Crippen molar-refractivity contribution in [3.63, 3.8) is 0 Å². The van der Waals surface area contributed by atoms with Crippen LogP contribution in [0.25, 0.3) is 0 Å². The van der Waals surface area contributed by atoms with Gasteiger partial charge in [0.05, 0.1) is 0 Å². The number of hydrogen-bond donors (Lipinski definition) is 2. The van der Waals surface area contributed by atoms with E-state index in [9.17, 15) is 8.42 Å². The first kappa shape index (κ1) is 14.9. The van der Waals surface area contributed by atoms with Gasteiger partial charge in [0, 0.05) is 32.4 Å². The zero-order valence-corrected chi connectivity index (χ0v) is 11.7. The molecule has 0 bridgehead atoms. The smallest absolute Gasteiger partial charge is 0.248 e. The fourth-order valence-corrected chi connectivity index (χ4v) is 3.46. The third-order valence-corrected chi connectivity index (χ3v) is 4.61. The van der Waals surface area contributed by atoms with Crippen LogP contribution in [-0.4, -0.2) is 46.8 Å². The van der Waals surface area contributed by atoms with E-state index in [1.807, 2.05) is 0 Å². The molecule has 0 aliphatic carbocycles. The molecule has 0 saturated carbocycles. The molecule has 1 heterocycles. The molecule has 1 aromatic heterocycles. The number of nitrogens with zero attached hydrogens (tertiary/aromatic N) is 3. The first-order chi connectivity index (χ1) is 8.30. The van der Waals surface area contributed by atoms with Crippen molar-refractivity contribution in [3.8, 4) is 0 Å². The Labute approximate surface area is 107 Å². The summed E-state index contributed by atoms with van der Waals surface area (Å²) in [5.41, 5.74) is 5.61. The largest absolute Gasteiger partial charge is 0.396 e. The van der Waals surface area contributed by atoms with Crippen LogP contribution in [0.5, 0.6) is 0 Å². The van der Waals surface area contributed by atoms with Crippen LogP contribution in [0.2, 0.25) is 0 Å². The number of nitrogen functional groups attached to an aromatic ring is 1. The van der Waals surface area contributed by atoms with Gasteiger partial charge < -0.3 is 10.8 Å². The van der Waals surface area contributed by atoms with Crippen LogP contribution in [0.15, 0.2) is 11.1 Å². The second kappa shape index (κ2) is 5.68. The maximum Gasteiger partial charge on any atom is 0.248 e. The second-order valence-corrected chi connectivity index (χ2v) is 6.20. The number of aryl methyl sites for hydroxylation is 1. The van der Waals surface area contributed by atoms with Gasteiger partial charge in [0.15, 0.2) is 5.82 Å². The summed E-state index contributed by atoms with van der Waals surface area (Å²) >= 11 is 0. The molecule has 1 aromatic rings. The lowest BCUT2D eigenvalue weighted by atomic mass is 10.3. The zero-order chi connectivity index (χ0) is 13.9. The van der Waals surface area contributed by atoms with Gasteiger partial charge in [0.2, 0.25) is 10.0 Å². The summed E-state index contributed by atoms with van der Waals surface area (Å²) in [5, 5.41) is 12.7. The average Bonchev–Trinajstić information content (AvgIpc) is 2.58. The number of aliphatic hydroxyl groups is 1. The number of hydrogen-bond acceptors (Lipinski definition) is 5. The average molecular weight is 276 g/mol. The molecular formula is C10H20N4O3S. The number of anilines is 1. The first-order valence-corrected chi connectivity index (χ1v) is 7.16. The van der Waals surface area contributed by atoms with Gasteiger partial charge in [-0.3, -0.25) is 4.68 Å². The quantitative estimate of drug-likeness (QED) is 0.748. The third-order valence-electron chi connectivity index (χ3n) is 2.52. The Bertz CT molecular complexity index is 495. The van der Waals surface area contributed by atoms with E-state index in [0.717, 1.165) is 0 Å². The van der Waals surface area contributed by atoms with Gasteiger partial charge in [-0.05, 0) is 20.3 Å². The van der Waals surface area contributed by atoms with Gasteiger partial charge in [0.1, 0.15) is 4.90 Å². The van der Waals surface area contributed by atoms with Crippen LogP contribution < -0.4 is 5.73 Å². The summed E-state index contributed by atoms with van der Waals surface area (Å²) in [6.45, 7) is 3.76. The molecular weight excluding hydrogens is 256 g/mol. The lowest BCUT2D eigenvalue weighted by Gasteiger charge is -2.25. The van der Waals surface area contributed by atoms with Crippen LogP contribution in [0, 0.1) is 0 Å². The number of rotatable bonds is 6. The van der Waals surface area contributed by atoms with Crippen LogP contribution in [0.1, 0.15) is 20.3 Å². The molecule has 0 aromatic carbocycles. The summed E-state index contributed by atoms with van der Waals surface area (Å²) in [7, 11) is -2.05. The fraction of sp³-hybridized carbons (Fsp3) is 0.700. The Hall–Kier alpha value is -1.12. The van der Waals surface area contributed by atoms with Crippen molar-refractivity contribution in [2.75, 3.05) is 18.9 Å². The molecule has 0 amide bonds. The maximum atomic E-state index is 12.4. The highest BCUT2D eigenvalue weighted by Crippen LogP contribution is 2.22. The minimum atomic E-state index is -3.67. The Balaban J connectivity index is 3.13. The highest BCUT2D eigenvalue weighted by atomic mass is 32.2. The molecule has 0 aliphatic rings. The third kappa shape index (κ3) is 3.01. The predicted molar refractivity (Wildman–Crippen MR) is 68.4 cm³/mol. The first-order valence-electron chi connectivity index (χ1n) is 5.72. The molecule has 1 rings (SSSR count). The fourth-order valence-electron chi connectivity index (χ4n) is 1.69. The normalized spacial score (nSPS) is 12.6. The second-order valence-electron chi connectivity index (χ2n) is 4.34. The van der Waals surface area contributed by atoms with Crippen LogP contribution >= 0.6 is 0 Å². The molecule has 0 atom stereocenters. The molecule has 0 unspecified atom stereocenters. The van der Waals surface area contributed by atoms with Crippen molar-refractivity contribution < 1.29 is 13.5 Å². The summed E-state index contributed by atoms with van der Waals surface area (Å²) in [4.78, 5) is 0.0108. The van der Waals surface area contributed by atoms with E-state index in [2.05, 4.69) is 5.10 Å².